The van der Waals surface area contributed by atoms with Crippen molar-refractivity contribution in [1.82, 2.24) is 9.47 Å². The Bertz CT molecular complexity index is 940. The van der Waals surface area contributed by atoms with Crippen LogP contribution in [0.1, 0.15) is 53.5 Å². The number of amides is 2. The van der Waals surface area contributed by atoms with Crippen LogP contribution >= 0.6 is 0 Å². The molecule has 0 radical (unpaired) electrons. The number of anilines is 1. The number of carbonyl (C=O) groups is 3. The van der Waals surface area contributed by atoms with E-state index >= 15 is 0 Å². The monoisotopic (exact) mass is 415 g/mol. The number of carbonyl (C=O) groups excluding carboxylic acids is 3. The molecule has 3 rings (SSSR count). The van der Waals surface area contributed by atoms with Crippen LogP contribution in [0.5, 0.6) is 0 Å². The Kier molecular flexibility index (Phi) is 6.87. The van der Waals surface area contributed by atoms with Crippen LogP contribution in [0, 0.1) is 5.82 Å². The van der Waals surface area contributed by atoms with Crippen molar-refractivity contribution in [2.75, 3.05) is 18.5 Å². The predicted molar refractivity (Wildman–Crippen MR) is 110 cm³/mol. The molecule has 1 N–H and O–H groups in total. The van der Waals surface area contributed by atoms with Crippen molar-refractivity contribution in [2.24, 2.45) is 7.05 Å². The summed E-state index contributed by atoms with van der Waals surface area (Å²) in [5.74, 6) is -1.86. The van der Waals surface area contributed by atoms with Gasteiger partial charge in [0.25, 0.3) is 5.91 Å². The summed E-state index contributed by atoms with van der Waals surface area (Å²) >= 11 is 0. The maximum Gasteiger partial charge on any atom is 0.341 e. The Morgan fingerprint density at radius 1 is 1.23 bits per heavy atom. The van der Waals surface area contributed by atoms with Gasteiger partial charge in [-0.1, -0.05) is 0 Å². The van der Waals surface area contributed by atoms with E-state index in [1.54, 1.807) is 10.6 Å². The molecule has 2 heterocycles. The number of piperidine rings is 1. The lowest BCUT2D eigenvalue weighted by atomic mass is 9.99. The van der Waals surface area contributed by atoms with Gasteiger partial charge in [-0.3, -0.25) is 9.59 Å². The molecule has 1 aliphatic rings. The van der Waals surface area contributed by atoms with Crippen LogP contribution in [0.15, 0.2) is 36.5 Å². The van der Waals surface area contributed by atoms with E-state index in [0.717, 1.165) is 25.3 Å². The van der Waals surface area contributed by atoms with Crippen molar-refractivity contribution in [2.45, 2.75) is 38.6 Å². The third-order valence-corrected chi connectivity index (χ3v) is 5.24. The zero-order chi connectivity index (χ0) is 21.7. The fourth-order valence-electron chi connectivity index (χ4n) is 3.73. The topological polar surface area (TPSA) is 80.6 Å². The van der Waals surface area contributed by atoms with Gasteiger partial charge in [0, 0.05) is 44.9 Å². The van der Waals surface area contributed by atoms with Crippen LogP contribution in [0.3, 0.4) is 0 Å². The number of nitrogens with zero attached hydrogens (tertiary/aromatic N) is 2. The van der Waals surface area contributed by atoms with Gasteiger partial charge in [0.05, 0.1) is 12.2 Å². The minimum absolute atomic E-state index is 0.0346. The first-order valence-corrected chi connectivity index (χ1v) is 10.0. The summed E-state index contributed by atoms with van der Waals surface area (Å²) in [6.07, 6.45) is 5.09. The third-order valence-electron chi connectivity index (χ3n) is 5.24. The Morgan fingerprint density at radius 2 is 2.03 bits per heavy atom. The first kappa shape index (κ1) is 21.5. The number of hydrogen-bond acceptors (Lipinski definition) is 4. The summed E-state index contributed by atoms with van der Waals surface area (Å²) in [5, 5.41) is 2.51. The van der Waals surface area contributed by atoms with Gasteiger partial charge in [-0.05, 0) is 49.6 Å². The molecular weight excluding hydrogens is 389 g/mol. The van der Waals surface area contributed by atoms with Gasteiger partial charge in [0.15, 0.2) is 0 Å². The molecule has 0 aliphatic carbocycles. The molecule has 8 heteroatoms. The molecule has 7 nitrogen and oxygen atoms in total. The van der Waals surface area contributed by atoms with E-state index in [1.165, 1.54) is 19.1 Å². The van der Waals surface area contributed by atoms with Crippen LogP contribution in [-0.4, -0.2) is 46.4 Å². The molecule has 160 valence electrons. The number of hydrogen-bond donors (Lipinski definition) is 1. The average Bonchev–Trinajstić information content (AvgIpc) is 3.14. The van der Waals surface area contributed by atoms with Gasteiger partial charge < -0.3 is 19.5 Å². The number of aryl methyl sites for hydroxylation is 1. The second-order valence-corrected chi connectivity index (χ2v) is 7.45. The van der Waals surface area contributed by atoms with Gasteiger partial charge in [-0.25, -0.2) is 9.18 Å². The summed E-state index contributed by atoms with van der Waals surface area (Å²) in [6.45, 7) is 2.06. The van der Waals surface area contributed by atoms with Crippen LogP contribution in [0.4, 0.5) is 10.1 Å². The van der Waals surface area contributed by atoms with Gasteiger partial charge >= 0.3 is 5.97 Å². The Balaban J connectivity index is 1.60. The molecule has 0 saturated carbocycles. The smallest absolute Gasteiger partial charge is 0.341 e. The fraction of sp³-hybridized carbons (Fsp3) is 0.409. The lowest BCUT2D eigenvalue weighted by Crippen LogP contribution is -2.44. The van der Waals surface area contributed by atoms with Gasteiger partial charge in [0.1, 0.15) is 11.5 Å². The molecule has 1 unspecified atom stereocenters. The molecule has 1 fully saturated rings. The first-order valence-electron chi connectivity index (χ1n) is 10.0. The fourth-order valence-corrected chi connectivity index (χ4v) is 3.73. The van der Waals surface area contributed by atoms with E-state index in [2.05, 4.69) is 5.32 Å². The molecule has 1 atom stereocenters. The molecule has 30 heavy (non-hydrogen) atoms. The summed E-state index contributed by atoms with van der Waals surface area (Å²) in [7, 11) is 1.83. The molecule has 1 aromatic heterocycles. The lowest BCUT2D eigenvalue weighted by Gasteiger charge is -2.35. The van der Waals surface area contributed by atoms with Crippen LogP contribution in [0.2, 0.25) is 0 Å². The maximum absolute atomic E-state index is 14.0. The Labute approximate surface area is 174 Å². The van der Waals surface area contributed by atoms with E-state index in [4.69, 9.17) is 4.74 Å². The van der Waals surface area contributed by atoms with Crippen LogP contribution in [0.25, 0.3) is 0 Å². The van der Waals surface area contributed by atoms with Crippen molar-refractivity contribution in [1.29, 1.82) is 0 Å². The van der Waals surface area contributed by atoms with Crippen molar-refractivity contribution in [3.63, 3.8) is 0 Å². The predicted octanol–water partition coefficient (Wildman–Crippen LogP) is 3.36. The zero-order valence-corrected chi connectivity index (χ0v) is 17.2. The van der Waals surface area contributed by atoms with Crippen LogP contribution in [-0.2, 0) is 16.6 Å². The van der Waals surface area contributed by atoms with Crippen LogP contribution < -0.4 is 5.32 Å². The number of rotatable bonds is 6. The van der Waals surface area contributed by atoms with Crippen molar-refractivity contribution >= 4 is 23.5 Å². The molecule has 2 amide bonds. The number of aromatic nitrogens is 1. The molecule has 0 bridgehead atoms. The number of nitrogens with one attached hydrogen (secondary N) is 1. The molecule has 2 aromatic rings. The second kappa shape index (κ2) is 9.56. The molecule has 1 saturated heterocycles. The zero-order valence-electron chi connectivity index (χ0n) is 17.2. The highest BCUT2D eigenvalue weighted by Crippen LogP contribution is 2.23. The van der Waals surface area contributed by atoms with E-state index in [-0.39, 0.29) is 30.0 Å². The van der Waals surface area contributed by atoms with Gasteiger partial charge in [-0.2, -0.15) is 0 Å². The SMILES string of the molecule is CC(=O)Nc1ccc(F)c(C(=O)OCCC2CCCCN2C(=O)c2cccn2C)c1. The molecular formula is C22H26FN3O4. The quantitative estimate of drug-likeness (QED) is 0.734. The van der Waals surface area contributed by atoms with Gasteiger partial charge in [-0.15, -0.1) is 0 Å². The number of halogens is 1. The summed E-state index contributed by atoms with van der Waals surface area (Å²) in [6, 6.07) is 7.33. The highest BCUT2D eigenvalue weighted by molar-refractivity contribution is 5.94. The number of likely N-dealkylation sites (tertiary alicyclic amines) is 1. The van der Waals surface area contributed by atoms with Crippen molar-refractivity contribution in [3.05, 3.63) is 53.6 Å². The lowest BCUT2D eigenvalue weighted by molar-refractivity contribution is -0.114. The van der Waals surface area contributed by atoms with E-state index in [1.807, 2.05) is 24.2 Å². The van der Waals surface area contributed by atoms with E-state index < -0.39 is 11.8 Å². The van der Waals surface area contributed by atoms with Gasteiger partial charge in [0.2, 0.25) is 5.91 Å². The molecule has 0 spiro atoms. The van der Waals surface area contributed by atoms with E-state index in [0.29, 0.717) is 24.3 Å². The minimum Gasteiger partial charge on any atom is -0.462 e. The summed E-state index contributed by atoms with van der Waals surface area (Å²) < 4.78 is 21.1. The summed E-state index contributed by atoms with van der Waals surface area (Å²) in [5.41, 5.74) is 0.708. The minimum atomic E-state index is -0.796. The third kappa shape index (κ3) is 5.06. The molecule has 1 aliphatic heterocycles. The Morgan fingerprint density at radius 3 is 2.73 bits per heavy atom. The van der Waals surface area contributed by atoms with Crippen molar-refractivity contribution in [3.8, 4) is 0 Å². The van der Waals surface area contributed by atoms with E-state index in [9.17, 15) is 18.8 Å². The average molecular weight is 415 g/mol. The molecule has 1 aromatic carbocycles. The first-order chi connectivity index (χ1) is 14.4. The number of esters is 1. The van der Waals surface area contributed by atoms with Crippen molar-refractivity contribution < 1.29 is 23.5 Å². The highest BCUT2D eigenvalue weighted by Gasteiger charge is 2.28. The maximum atomic E-state index is 14.0. The largest absolute Gasteiger partial charge is 0.462 e. The number of ether oxygens (including phenoxy) is 1. The second-order valence-electron chi connectivity index (χ2n) is 7.45. The highest BCUT2D eigenvalue weighted by atomic mass is 19.1. The normalized spacial score (nSPS) is 16.2. The Hall–Kier alpha value is -3.16. The number of benzene rings is 1. The standard InChI is InChI=1S/C22H26FN3O4/c1-15(27)24-16-8-9-19(23)18(14-16)22(29)30-13-10-17-6-3-4-12-26(17)21(28)20-7-5-11-25(20)2/h5,7-9,11,14,17H,3-4,6,10,12-13H2,1-2H3,(H,24,27). The summed E-state index contributed by atoms with van der Waals surface area (Å²) in [4.78, 5) is 38.2.